The summed E-state index contributed by atoms with van der Waals surface area (Å²) in [7, 11) is 0. The van der Waals surface area contributed by atoms with E-state index in [1.165, 1.54) is 6.07 Å². The van der Waals surface area contributed by atoms with Crippen LogP contribution in [0.5, 0.6) is 5.75 Å². The van der Waals surface area contributed by atoms with Gasteiger partial charge < -0.3 is 15.2 Å². The molecule has 2 N–H and O–H groups in total. The van der Waals surface area contributed by atoms with Gasteiger partial charge in [0.05, 0.1) is 6.61 Å². The van der Waals surface area contributed by atoms with E-state index in [0.717, 1.165) is 5.56 Å². The number of rotatable bonds is 7. The van der Waals surface area contributed by atoms with Gasteiger partial charge in [0.1, 0.15) is 6.04 Å². The molecule has 100 valence electrons. The summed E-state index contributed by atoms with van der Waals surface area (Å²) >= 11 is 0. The van der Waals surface area contributed by atoms with Crippen LogP contribution in [0.2, 0.25) is 0 Å². The number of benzene rings is 1. The Hall–Kier alpha value is -1.62. The van der Waals surface area contributed by atoms with E-state index in [1.807, 2.05) is 13.8 Å². The maximum absolute atomic E-state index is 13.3. The zero-order chi connectivity index (χ0) is 13.5. The molecule has 0 heterocycles. The molecular weight excluding hydrogens is 237 g/mol. The lowest BCUT2D eigenvalue weighted by Crippen LogP contribution is -2.37. The first-order chi connectivity index (χ1) is 8.54. The lowest BCUT2D eigenvalue weighted by atomic mass is 10.2. The highest BCUT2D eigenvalue weighted by molar-refractivity contribution is 5.73. The number of hydrogen-bond acceptors (Lipinski definition) is 3. The second-order valence-corrected chi connectivity index (χ2v) is 4.02. The molecule has 5 heteroatoms. The number of ether oxygens (including phenoxy) is 1. The average Bonchev–Trinajstić information content (AvgIpc) is 2.32. The summed E-state index contributed by atoms with van der Waals surface area (Å²) in [5.74, 6) is -1.20. The van der Waals surface area contributed by atoms with Crippen molar-refractivity contribution in [2.45, 2.75) is 26.3 Å². The van der Waals surface area contributed by atoms with Crippen molar-refractivity contribution < 1.29 is 19.0 Å². The number of carboxylic acids is 1. The van der Waals surface area contributed by atoms with Gasteiger partial charge in [0.2, 0.25) is 0 Å². The SMILES string of the molecule is CCNC(CCOc1cc(C)ccc1F)C(=O)O. The van der Waals surface area contributed by atoms with Gasteiger partial charge in [-0.2, -0.15) is 0 Å². The summed E-state index contributed by atoms with van der Waals surface area (Å²) in [5, 5.41) is 11.7. The molecule has 1 unspecified atom stereocenters. The van der Waals surface area contributed by atoms with Crippen LogP contribution in [0.15, 0.2) is 18.2 Å². The molecular formula is C13H18FNO3. The standard InChI is InChI=1S/C13H18FNO3/c1-3-15-11(13(16)17)6-7-18-12-8-9(2)4-5-10(12)14/h4-5,8,11,15H,3,6-7H2,1-2H3,(H,16,17). The second kappa shape index (κ2) is 6.96. The molecule has 0 aliphatic rings. The third-order valence-corrected chi connectivity index (χ3v) is 2.50. The number of halogens is 1. The van der Waals surface area contributed by atoms with E-state index in [-0.39, 0.29) is 18.8 Å². The van der Waals surface area contributed by atoms with Gasteiger partial charge in [-0.25, -0.2) is 4.39 Å². The number of aliphatic carboxylic acids is 1. The molecule has 1 atom stereocenters. The van der Waals surface area contributed by atoms with Crippen molar-refractivity contribution >= 4 is 5.97 Å². The van der Waals surface area contributed by atoms with Crippen molar-refractivity contribution in [1.29, 1.82) is 0 Å². The molecule has 0 bridgehead atoms. The largest absolute Gasteiger partial charge is 0.490 e. The van der Waals surface area contributed by atoms with E-state index in [0.29, 0.717) is 6.54 Å². The monoisotopic (exact) mass is 255 g/mol. The predicted octanol–water partition coefficient (Wildman–Crippen LogP) is 1.97. The summed E-state index contributed by atoms with van der Waals surface area (Å²) < 4.78 is 18.6. The van der Waals surface area contributed by atoms with Crippen LogP contribution in [-0.4, -0.2) is 30.3 Å². The third kappa shape index (κ3) is 4.33. The molecule has 0 aliphatic heterocycles. The van der Waals surface area contributed by atoms with Crippen LogP contribution in [0.3, 0.4) is 0 Å². The Morgan fingerprint density at radius 2 is 2.28 bits per heavy atom. The third-order valence-electron chi connectivity index (χ3n) is 2.50. The molecule has 0 saturated heterocycles. The molecule has 0 fully saturated rings. The van der Waals surface area contributed by atoms with E-state index >= 15 is 0 Å². The molecule has 0 spiro atoms. The maximum atomic E-state index is 13.3. The van der Waals surface area contributed by atoms with Crippen LogP contribution in [0.4, 0.5) is 4.39 Å². The van der Waals surface area contributed by atoms with Gasteiger partial charge in [-0.15, -0.1) is 0 Å². The number of carbonyl (C=O) groups is 1. The summed E-state index contributed by atoms with van der Waals surface area (Å²) in [6.07, 6.45) is 0.288. The topological polar surface area (TPSA) is 58.6 Å². The predicted molar refractivity (Wildman–Crippen MR) is 66.3 cm³/mol. The van der Waals surface area contributed by atoms with Gasteiger partial charge in [-0.3, -0.25) is 4.79 Å². The molecule has 4 nitrogen and oxygen atoms in total. The lowest BCUT2D eigenvalue weighted by molar-refractivity contribution is -0.139. The Morgan fingerprint density at radius 3 is 2.89 bits per heavy atom. The van der Waals surface area contributed by atoms with Crippen molar-refractivity contribution in [2.75, 3.05) is 13.2 Å². The zero-order valence-corrected chi connectivity index (χ0v) is 10.6. The van der Waals surface area contributed by atoms with Gasteiger partial charge in [0.15, 0.2) is 11.6 Å². The summed E-state index contributed by atoms with van der Waals surface area (Å²) in [4.78, 5) is 10.9. The molecule has 0 amide bonds. The Kier molecular flexibility index (Phi) is 5.58. The van der Waals surface area contributed by atoms with Crippen LogP contribution < -0.4 is 10.1 Å². The minimum absolute atomic E-state index is 0.157. The van der Waals surface area contributed by atoms with Crippen LogP contribution in [-0.2, 0) is 4.79 Å². The molecule has 1 aromatic carbocycles. The normalized spacial score (nSPS) is 12.2. The Labute approximate surface area is 106 Å². The van der Waals surface area contributed by atoms with Gasteiger partial charge in [-0.05, 0) is 31.2 Å². The number of likely N-dealkylation sites (N-methyl/N-ethyl adjacent to an activating group) is 1. The Balaban J connectivity index is 2.49. The lowest BCUT2D eigenvalue weighted by Gasteiger charge is -2.14. The van der Waals surface area contributed by atoms with Crippen molar-refractivity contribution in [1.82, 2.24) is 5.32 Å². The van der Waals surface area contributed by atoms with Crippen LogP contribution in [0.25, 0.3) is 0 Å². The molecule has 1 rings (SSSR count). The minimum Gasteiger partial charge on any atom is -0.490 e. The van der Waals surface area contributed by atoms with Crippen LogP contribution in [0.1, 0.15) is 18.9 Å². The highest BCUT2D eigenvalue weighted by atomic mass is 19.1. The minimum atomic E-state index is -0.926. The van der Waals surface area contributed by atoms with Crippen molar-refractivity contribution in [2.24, 2.45) is 0 Å². The van der Waals surface area contributed by atoms with E-state index in [9.17, 15) is 9.18 Å². The molecule has 18 heavy (non-hydrogen) atoms. The van der Waals surface area contributed by atoms with Gasteiger partial charge in [0, 0.05) is 6.42 Å². The summed E-state index contributed by atoms with van der Waals surface area (Å²) in [6, 6.07) is 3.92. The zero-order valence-electron chi connectivity index (χ0n) is 10.6. The van der Waals surface area contributed by atoms with Crippen LogP contribution in [0, 0.1) is 12.7 Å². The summed E-state index contributed by atoms with van der Waals surface area (Å²) in [6.45, 7) is 4.39. The molecule has 1 aromatic rings. The van der Waals surface area contributed by atoms with E-state index in [1.54, 1.807) is 12.1 Å². The van der Waals surface area contributed by atoms with Gasteiger partial charge in [0.25, 0.3) is 0 Å². The van der Waals surface area contributed by atoms with Crippen LogP contribution >= 0.6 is 0 Å². The summed E-state index contributed by atoms with van der Waals surface area (Å²) in [5.41, 5.74) is 0.896. The van der Waals surface area contributed by atoms with Crippen molar-refractivity contribution in [3.63, 3.8) is 0 Å². The first-order valence-corrected chi connectivity index (χ1v) is 5.89. The first-order valence-electron chi connectivity index (χ1n) is 5.89. The Morgan fingerprint density at radius 1 is 1.56 bits per heavy atom. The van der Waals surface area contributed by atoms with Crippen molar-refractivity contribution in [3.8, 4) is 5.75 Å². The highest BCUT2D eigenvalue weighted by Gasteiger charge is 2.15. The van der Waals surface area contributed by atoms with E-state index in [2.05, 4.69) is 5.32 Å². The second-order valence-electron chi connectivity index (χ2n) is 4.02. The van der Waals surface area contributed by atoms with Gasteiger partial charge >= 0.3 is 5.97 Å². The van der Waals surface area contributed by atoms with Gasteiger partial charge in [-0.1, -0.05) is 13.0 Å². The molecule has 0 saturated carbocycles. The number of nitrogens with one attached hydrogen (secondary N) is 1. The highest BCUT2D eigenvalue weighted by Crippen LogP contribution is 2.18. The fourth-order valence-corrected chi connectivity index (χ4v) is 1.57. The molecule has 0 radical (unpaired) electrons. The average molecular weight is 255 g/mol. The Bertz CT molecular complexity index is 409. The van der Waals surface area contributed by atoms with E-state index in [4.69, 9.17) is 9.84 Å². The number of hydrogen-bond donors (Lipinski definition) is 2. The van der Waals surface area contributed by atoms with Crippen molar-refractivity contribution in [3.05, 3.63) is 29.6 Å². The smallest absolute Gasteiger partial charge is 0.320 e. The maximum Gasteiger partial charge on any atom is 0.320 e. The number of carboxylic acid groups (broad SMARTS) is 1. The molecule has 0 aromatic heterocycles. The quantitative estimate of drug-likeness (QED) is 0.782. The fraction of sp³-hybridized carbons (Fsp3) is 0.462. The first kappa shape index (κ1) is 14.4. The van der Waals surface area contributed by atoms with E-state index < -0.39 is 17.8 Å². The fourth-order valence-electron chi connectivity index (χ4n) is 1.57. The molecule has 0 aliphatic carbocycles. The number of aryl methyl sites for hydroxylation is 1.